The lowest BCUT2D eigenvalue weighted by Gasteiger charge is -2.20. The number of aliphatic hydroxyl groups is 1. The largest absolute Gasteiger partial charge is 0.443 e. The zero-order valence-electron chi connectivity index (χ0n) is 12.8. The van der Waals surface area contributed by atoms with Crippen LogP contribution in [0.25, 0.3) is 0 Å². The van der Waals surface area contributed by atoms with Gasteiger partial charge in [0.2, 0.25) is 7.58 Å². The van der Waals surface area contributed by atoms with E-state index in [1.165, 1.54) is 0 Å². The highest BCUT2D eigenvalue weighted by molar-refractivity contribution is 8.42. The predicted octanol–water partition coefficient (Wildman–Crippen LogP) is 4.38. The van der Waals surface area contributed by atoms with Gasteiger partial charge in [-0.1, -0.05) is 24.4 Å². The van der Waals surface area contributed by atoms with E-state index in [2.05, 4.69) is 17.4 Å². The molecule has 0 aliphatic carbocycles. The Morgan fingerprint density at radius 1 is 1.21 bits per heavy atom. The summed E-state index contributed by atoms with van der Waals surface area (Å²) in [5, 5.41) is 13.4. The molecule has 2 aromatic carbocycles. The minimum absolute atomic E-state index is 0.00987. The van der Waals surface area contributed by atoms with E-state index in [1.54, 1.807) is 42.3 Å². The number of hydrogen-bond donors (Lipinski definition) is 2. The molecule has 0 radical (unpaired) electrons. The van der Waals surface area contributed by atoms with E-state index < -0.39 is 7.50 Å². The van der Waals surface area contributed by atoms with Gasteiger partial charge < -0.3 is 14.2 Å². The van der Waals surface area contributed by atoms with Crippen LogP contribution in [-0.2, 0) is 18.4 Å². The van der Waals surface area contributed by atoms with Crippen molar-refractivity contribution in [2.75, 3.05) is 7.05 Å². The van der Waals surface area contributed by atoms with Crippen molar-refractivity contribution >= 4 is 45.4 Å². The van der Waals surface area contributed by atoms with E-state index in [9.17, 15) is 0 Å². The third-order valence-electron chi connectivity index (χ3n) is 2.94. The molecule has 0 spiro atoms. The molecule has 0 heterocycles. The fourth-order valence-corrected chi connectivity index (χ4v) is 3.12. The molecule has 9 heteroatoms. The minimum Gasteiger partial charge on any atom is -0.443 e. The second kappa shape index (κ2) is 9.92. The van der Waals surface area contributed by atoms with Crippen LogP contribution in [0.4, 0.5) is 0 Å². The zero-order chi connectivity index (χ0) is 17.4. The molecule has 126 valence electrons. The third-order valence-corrected chi connectivity index (χ3v) is 5.44. The monoisotopic (exact) mass is 398 g/mol. The fourth-order valence-electron chi connectivity index (χ4n) is 1.66. The average molecular weight is 398 g/mol. The second-order valence-electron chi connectivity index (χ2n) is 4.61. The highest BCUT2D eigenvalue weighted by atomic mass is 32.7. The van der Waals surface area contributed by atoms with Crippen LogP contribution < -0.4 is 9.05 Å². The summed E-state index contributed by atoms with van der Waals surface area (Å²) in [5.41, 5.74) is 1.76. The van der Waals surface area contributed by atoms with Crippen molar-refractivity contribution in [3.05, 3.63) is 59.7 Å². The fraction of sp³-hybridized carbons (Fsp3) is 0.133. The minimum atomic E-state index is -1.21. The van der Waals surface area contributed by atoms with Crippen LogP contribution in [0, 0.1) is 0 Å². The molecule has 2 aromatic rings. The van der Waals surface area contributed by atoms with Gasteiger partial charge in [-0.15, -0.1) is 0 Å². The van der Waals surface area contributed by atoms with Gasteiger partial charge in [0.15, 0.2) is 0 Å². The molecule has 5 nitrogen and oxygen atoms in total. The molecule has 0 fully saturated rings. The highest BCUT2D eigenvalue weighted by Gasteiger charge is 2.11. The molecule has 0 aromatic heterocycles. The van der Waals surface area contributed by atoms with Gasteiger partial charge in [0.05, 0.1) is 12.8 Å². The third kappa shape index (κ3) is 6.00. The van der Waals surface area contributed by atoms with Crippen LogP contribution in [-0.4, -0.2) is 23.1 Å². The molecular formula is C15H16N2O3P2S2. The standard InChI is InChI=1S/C15H16N2O3P2S2/c1-17(16-10-12-2-6-14(7-3-12)19-21-23)22(24)20-15-8-4-13(11-18)5-9-15/h2-10,18,24H,11H2,1H3/b16-10+. The van der Waals surface area contributed by atoms with Gasteiger partial charge in [0, 0.05) is 7.05 Å². The number of thiol groups is 1. The predicted molar refractivity (Wildman–Crippen MR) is 106 cm³/mol. The number of hydrazone groups is 1. The lowest BCUT2D eigenvalue weighted by molar-refractivity contribution is 0.282. The summed E-state index contributed by atoms with van der Waals surface area (Å²) in [7, 11) is 1.04. The molecule has 1 unspecified atom stereocenters. The van der Waals surface area contributed by atoms with Crippen molar-refractivity contribution in [2.24, 2.45) is 5.10 Å². The SMILES string of the molecule is CN(/N=C/c1ccc(OP=S)cc1)P(S)Oc1ccc(CO)cc1. The summed E-state index contributed by atoms with van der Waals surface area (Å²) in [6.45, 7) is 0.00987. The Bertz CT molecular complexity index is 684. The Morgan fingerprint density at radius 2 is 1.83 bits per heavy atom. The average Bonchev–Trinajstić information content (AvgIpc) is 2.61. The van der Waals surface area contributed by atoms with Crippen molar-refractivity contribution in [1.29, 1.82) is 0 Å². The summed E-state index contributed by atoms with van der Waals surface area (Å²) in [4.78, 5) is 0. The maximum Gasteiger partial charge on any atom is 0.271 e. The summed E-state index contributed by atoms with van der Waals surface area (Å²) < 4.78 is 12.6. The van der Waals surface area contributed by atoms with Crippen LogP contribution in [0.15, 0.2) is 53.6 Å². The number of nitrogens with zero attached hydrogens (tertiary/aromatic N) is 2. The van der Waals surface area contributed by atoms with Crippen LogP contribution in [0.3, 0.4) is 0 Å². The summed E-state index contributed by atoms with van der Waals surface area (Å²) in [5.74, 6) is 1.41. The van der Waals surface area contributed by atoms with E-state index in [0.29, 0.717) is 13.3 Å². The van der Waals surface area contributed by atoms with Gasteiger partial charge in [-0.2, -0.15) is 5.10 Å². The van der Waals surface area contributed by atoms with Gasteiger partial charge in [0.25, 0.3) is 7.50 Å². The second-order valence-corrected chi connectivity index (χ2v) is 7.69. The summed E-state index contributed by atoms with van der Waals surface area (Å²) >= 11 is 9.18. The first-order chi connectivity index (χ1) is 11.6. The highest BCUT2D eigenvalue weighted by Crippen LogP contribution is 2.45. The number of aliphatic hydroxyl groups excluding tert-OH is 1. The van der Waals surface area contributed by atoms with Crippen molar-refractivity contribution in [2.45, 2.75) is 6.61 Å². The van der Waals surface area contributed by atoms with Gasteiger partial charge in [-0.25, -0.2) is 4.78 Å². The Balaban J connectivity index is 1.91. The van der Waals surface area contributed by atoms with Gasteiger partial charge >= 0.3 is 0 Å². The molecular weight excluding hydrogens is 382 g/mol. The first-order valence-corrected chi connectivity index (χ1v) is 11.1. The van der Waals surface area contributed by atoms with Gasteiger partial charge in [-0.3, -0.25) is 0 Å². The Kier molecular flexibility index (Phi) is 7.89. The summed E-state index contributed by atoms with van der Waals surface area (Å²) in [6, 6.07) is 14.7. The molecule has 24 heavy (non-hydrogen) atoms. The Hall–Kier alpha value is -1.23. The normalized spacial score (nSPS) is 12.3. The Morgan fingerprint density at radius 3 is 2.42 bits per heavy atom. The molecule has 0 amide bonds. The first kappa shape index (κ1) is 19.1. The summed E-state index contributed by atoms with van der Waals surface area (Å²) in [6.07, 6.45) is 1.72. The molecule has 1 atom stereocenters. The Labute approximate surface area is 154 Å². The van der Waals surface area contributed by atoms with E-state index in [1.807, 2.05) is 24.3 Å². The molecule has 0 saturated carbocycles. The van der Waals surface area contributed by atoms with Crippen molar-refractivity contribution in [3.63, 3.8) is 0 Å². The van der Waals surface area contributed by atoms with Gasteiger partial charge in [0.1, 0.15) is 11.5 Å². The molecule has 0 aliphatic heterocycles. The lowest BCUT2D eigenvalue weighted by atomic mass is 10.2. The molecule has 0 saturated heterocycles. The maximum atomic E-state index is 9.03. The topological polar surface area (TPSA) is 54.3 Å². The van der Waals surface area contributed by atoms with E-state index in [4.69, 9.17) is 26.0 Å². The smallest absolute Gasteiger partial charge is 0.271 e. The molecule has 1 N–H and O–H groups in total. The quantitative estimate of drug-likeness (QED) is 0.299. The molecule has 2 rings (SSSR count). The zero-order valence-corrected chi connectivity index (χ0v) is 16.3. The van der Waals surface area contributed by atoms with E-state index in [-0.39, 0.29) is 6.61 Å². The number of benzene rings is 2. The van der Waals surface area contributed by atoms with Crippen LogP contribution in [0.5, 0.6) is 11.5 Å². The van der Waals surface area contributed by atoms with Crippen molar-refractivity contribution in [3.8, 4) is 11.5 Å². The number of hydrogen-bond acceptors (Lipinski definition) is 7. The van der Waals surface area contributed by atoms with Crippen LogP contribution in [0.2, 0.25) is 0 Å². The van der Waals surface area contributed by atoms with Crippen molar-refractivity contribution in [1.82, 2.24) is 4.78 Å². The van der Waals surface area contributed by atoms with Crippen LogP contribution in [0.1, 0.15) is 11.1 Å². The van der Waals surface area contributed by atoms with E-state index in [0.717, 1.165) is 16.9 Å². The van der Waals surface area contributed by atoms with Crippen molar-refractivity contribution < 1.29 is 14.2 Å². The molecule has 0 aliphatic rings. The lowest BCUT2D eigenvalue weighted by Crippen LogP contribution is -2.05. The number of rotatable bonds is 8. The first-order valence-electron chi connectivity index (χ1n) is 6.86. The van der Waals surface area contributed by atoms with E-state index >= 15 is 0 Å². The molecule has 0 bridgehead atoms. The maximum absolute atomic E-state index is 9.03. The van der Waals surface area contributed by atoms with Gasteiger partial charge in [-0.05, 0) is 59.3 Å². The van der Waals surface area contributed by atoms with Crippen LogP contribution >= 0.6 is 27.3 Å².